The van der Waals surface area contributed by atoms with E-state index in [0.717, 1.165) is 24.1 Å². The minimum atomic E-state index is -2.06. The summed E-state index contributed by atoms with van der Waals surface area (Å²) in [6.45, 7) is 8.52. The maximum atomic E-state index is 10.2. The zero-order chi connectivity index (χ0) is 13.1. The van der Waals surface area contributed by atoms with Crippen LogP contribution in [0.3, 0.4) is 0 Å². The highest BCUT2D eigenvalue weighted by atomic mass is 32.1. The van der Waals surface area contributed by atoms with Gasteiger partial charge in [0.15, 0.2) is 8.32 Å². The van der Waals surface area contributed by atoms with Crippen LogP contribution in [0.5, 0.6) is 0 Å². The van der Waals surface area contributed by atoms with Gasteiger partial charge in [-0.05, 0) is 49.5 Å². The third kappa shape index (κ3) is 4.21. The summed E-state index contributed by atoms with van der Waals surface area (Å²) in [5, 5.41) is 9.07. The lowest BCUT2D eigenvalue weighted by Gasteiger charge is -2.35. The Labute approximate surface area is 109 Å². The van der Waals surface area contributed by atoms with E-state index < -0.39 is 8.32 Å². The van der Waals surface area contributed by atoms with Gasteiger partial charge >= 0.3 is 0 Å². The molecule has 2 N–H and O–H groups in total. The first-order valence-corrected chi connectivity index (χ1v) is 9.93. The van der Waals surface area contributed by atoms with Gasteiger partial charge in [-0.2, -0.15) is 0 Å². The molecule has 1 rings (SSSR count). The first-order chi connectivity index (χ1) is 7.76. The van der Waals surface area contributed by atoms with Gasteiger partial charge < -0.3 is 9.90 Å². The second-order valence-electron chi connectivity index (χ2n) is 5.82. The molecule has 0 saturated carbocycles. The Morgan fingerprint density at radius 2 is 1.82 bits per heavy atom. The third-order valence-electron chi connectivity index (χ3n) is 3.75. The molecular formula is C13H24O2SSi. The van der Waals surface area contributed by atoms with E-state index >= 15 is 0 Å². The Hall–Kier alpha value is -0.163. The topological polar surface area (TPSA) is 40.5 Å². The van der Waals surface area contributed by atoms with Crippen LogP contribution in [0.4, 0.5) is 0 Å². The molecule has 17 heavy (non-hydrogen) atoms. The van der Waals surface area contributed by atoms with Gasteiger partial charge in [-0.3, -0.25) is 0 Å². The first kappa shape index (κ1) is 14.9. The summed E-state index contributed by atoms with van der Waals surface area (Å²) in [5.41, 5.74) is 0. The summed E-state index contributed by atoms with van der Waals surface area (Å²) in [6, 6.07) is 4.10. The van der Waals surface area contributed by atoms with Gasteiger partial charge in [-0.15, -0.1) is 11.3 Å². The molecule has 4 heteroatoms. The largest absolute Gasteiger partial charge is 0.432 e. The van der Waals surface area contributed by atoms with Gasteiger partial charge in [-0.25, -0.2) is 0 Å². The van der Waals surface area contributed by atoms with E-state index in [9.17, 15) is 4.80 Å². The van der Waals surface area contributed by atoms with Crippen LogP contribution in [0.1, 0.15) is 36.4 Å². The Bertz CT molecular complexity index is 353. The number of aryl methyl sites for hydroxylation is 1. The Morgan fingerprint density at radius 3 is 2.29 bits per heavy atom. The summed E-state index contributed by atoms with van der Waals surface area (Å²) in [6.07, 6.45) is 3.23. The zero-order valence-corrected chi connectivity index (χ0v) is 13.1. The molecular weight excluding hydrogens is 248 g/mol. The second-order valence-corrected chi connectivity index (χ2v) is 11.5. The Balaban J connectivity index is 2.42. The highest BCUT2D eigenvalue weighted by Gasteiger charge is 2.37. The minimum Gasteiger partial charge on any atom is -0.432 e. The molecule has 0 aliphatic rings. The van der Waals surface area contributed by atoms with Crippen molar-refractivity contribution in [2.75, 3.05) is 0 Å². The molecule has 0 spiro atoms. The average Bonchev–Trinajstić information content (AvgIpc) is 2.63. The summed E-state index contributed by atoms with van der Waals surface area (Å²) in [5.74, 6) is 0. The first-order valence-electron chi connectivity index (χ1n) is 6.17. The van der Waals surface area contributed by atoms with Crippen LogP contribution in [-0.2, 0) is 13.0 Å². The predicted molar refractivity (Wildman–Crippen MR) is 76.9 cm³/mol. The molecule has 98 valence electrons. The van der Waals surface area contributed by atoms with E-state index in [4.69, 9.17) is 5.11 Å². The predicted octanol–water partition coefficient (Wildman–Crippen LogP) is 3.54. The van der Waals surface area contributed by atoms with E-state index in [1.807, 2.05) is 19.2 Å². The molecule has 0 fully saturated rings. The summed E-state index contributed by atoms with van der Waals surface area (Å²) >= 11 is 1.69. The van der Waals surface area contributed by atoms with Gasteiger partial charge in [-0.1, -0.05) is 13.8 Å². The number of rotatable bonds is 6. The SMILES string of the molecule is CC(C)(CCCc1ccc(CO)s1)[Si](C)(C)O. The van der Waals surface area contributed by atoms with Crippen LogP contribution < -0.4 is 0 Å². The lowest BCUT2D eigenvalue weighted by molar-refractivity contribution is 0.285. The number of aliphatic hydroxyl groups excluding tert-OH is 1. The molecule has 0 unspecified atom stereocenters. The Morgan fingerprint density at radius 1 is 1.24 bits per heavy atom. The van der Waals surface area contributed by atoms with Crippen molar-refractivity contribution < 1.29 is 9.90 Å². The molecule has 0 aliphatic carbocycles. The van der Waals surface area contributed by atoms with Gasteiger partial charge in [0.1, 0.15) is 0 Å². The van der Waals surface area contributed by atoms with Crippen LogP contribution >= 0.6 is 11.3 Å². The van der Waals surface area contributed by atoms with Crippen molar-refractivity contribution in [1.29, 1.82) is 0 Å². The normalized spacial score (nSPS) is 13.1. The number of aliphatic hydroxyl groups is 1. The maximum absolute atomic E-state index is 10.2. The molecule has 0 radical (unpaired) electrons. The zero-order valence-electron chi connectivity index (χ0n) is 11.3. The van der Waals surface area contributed by atoms with Crippen molar-refractivity contribution in [1.82, 2.24) is 0 Å². The molecule has 0 amide bonds. The van der Waals surface area contributed by atoms with Crippen molar-refractivity contribution in [3.63, 3.8) is 0 Å². The molecule has 0 aromatic carbocycles. The van der Waals surface area contributed by atoms with Crippen molar-refractivity contribution in [2.45, 2.75) is 57.8 Å². The lowest BCUT2D eigenvalue weighted by Crippen LogP contribution is -2.38. The number of hydrogen-bond donors (Lipinski definition) is 2. The standard InChI is InChI=1S/C13H24O2SSi/c1-13(2,17(3,4)15)9-5-6-11-7-8-12(10-14)16-11/h7-8,14-15H,5-6,9-10H2,1-4H3. The fraction of sp³-hybridized carbons (Fsp3) is 0.692. The average molecular weight is 272 g/mol. The second kappa shape index (κ2) is 5.65. The molecule has 1 aromatic rings. The highest BCUT2D eigenvalue weighted by molar-refractivity contribution is 7.11. The van der Waals surface area contributed by atoms with Crippen molar-refractivity contribution >= 4 is 19.7 Å². The van der Waals surface area contributed by atoms with Crippen molar-refractivity contribution in [3.8, 4) is 0 Å². The van der Waals surface area contributed by atoms with Gasteiger partial charge in [0.05, 0.1) is 6.61 Å². The van der Waals surface area contributed by atoms with Crippen molar-refractivity contribution in [2.24, 2.45) is 0 Å². The van der Waals surface area contributed by atoms with E-state index in [1.54, 1.807) is 11.3 Å². The third-order valence-corrected chi connectivity index (χ3v) is 8.45. The maximum Gasteiger partial charge on any atom is 0.188 e. The summed E-state index contributed by atoms with van der Waals surface area (Å²) in [4.78, 5) is 12.6. The molecule has 0 saturated heterocycles. The van der Waals surface area contributed by atoms with Gasteiger partial charge in [0.25, 0.3) is 0 Å². The van der Waals surface area contributed by atoms with Gasteiger partial charge in [0.2, 0.25) is 0 Å². The van der Waals surface area contributed by atoms with Gasteiger partial charge in [0, 0.05) is 9.75 Å². The monoisotopic (exact) mass is 272 g/mol. The van der Waals surface area contributed by atoms with Crippen LogP contribution in [0.15, 0.2) is 12.1 Å². The van der Waals surface area contributed by atoms with Crippen LogP contribution in [0.25, 0.3) is 0 Å². The molecule has 1 aromatic heterocycles. The Kier molecular flexibility index (Phi) is 4.95. The van der Waals surface area contributed by atoms with Crippen LogP contribution in [0.2, 0.25) is 18.1 Å². The van der Waals surface area contributed by atoms with E-state index in [1.165, 1.54) is 4.88 Å². The smallest absolute Gasteiger partial charge is 0.188 e. The number of hydrogen-bond acceptors (Lipinski definition) is 3. The van der Waals surface area contributed by atoms with E-state index in [2.05, 4.69) is 19.9 Å². The molecule has 0 atom stereocenters. The fourth-order valence-corrected chi connectivity index (χ4v) is 3.36. The van der Waals surface area contributed by atoms with E-state index in [0.29, 0.717) is 0 Å². The molecule has 0 bridgehead atoms. The summed E-state index contributed by atoms with van der Waals surface area (Å²) in [7, 11) is -2.06. The molecule has 1 heterocycles. The van der Waals surface area contributed by atoms with Crippen LogP contribution in [0, 0.1) is 0 Å². The van der Waals surface area contributed by atoms with E-state index in [-0.39, 0.29) is 11.6 Å². The van der Waals surface area contributed by atoms with Crippen LogP contribution in [-0.4, -0.2) is 18.2 Å². The summed E-state index contributed by atoms with van der Waals surface area (Å²) < 4.78 is 0. The highest BCUT2D eigenvalue weighted by Crippen LogP contribution is 2.40. The molecule has 2 nitrogen and oxygen atoms in total. The van der Waals surface area contributed by atoms with Crippen molar-refractivity contribution in [3.05, 3.63) is 21.9 Å². The minimum absolute atomic E-state index is 0.0735. The fourth-order valence-electron chi connectivity index (χ4n) is 1.65. The molecule has 0 aliphatic heterocycles. The number of thiophene rings is 1. The lowest BCUT2D eigenvalue weighted by atomic mass is 10.0. The quantitative estimate of drug-likeness (QED) is 0.778.